The monoisotopic (exact) mass is 318 g/mol. The maximum absolute atomic E-state index is 12.4. The number of carbonyl (C=O) groups excluding carboxylic acids is 1. The molecule has 1 fully saturated rings. The Bertz CT molecular complexity index is 692. The summed E-state index contributed by atoms with van der Waals surface area (Å²) in [6.45, 7) is 7.07. The zero-order valence-electron chi connectivity index (χ0n) is 13.6. The van der Waals surface area contributed by atoms with Crippen LogP contribution in [0.4, 0.5) is 5.95 Å². The van der Waals surface area contributed by atoms with E-state index < -0.39 is 0 Å². The molecule has 1 N–H and O–H groups in total. The number of anilines is 1. The summed E-state index contributed by atoms with van der Waals surface area (Å²) in [6.07, 6.45) is 3.45. The molecule has 0 bridgehead atoms. The molecule has 2 aromatic heterocycles. The lowest BCUT2D eigenvalue weighted by Gasteiger charge is -2.26. The van der Waals surface area contributed by atoms with Crippen LogP contribution in [0.15, 0.2) is 6.20 Å². The first-order chi connectivity index (χ1) is 11.2. The molecule has 1 aliphatic heterocycles. The minimum absolute atomic E-state index is 0.325. The van der Waals surface area contributed by atoms with Crippen molar-refractivity contribution in [2.75, 3.05) is 37.8 Å². The minimum Gasteiger partial charge on any atom is -0.462 e. The number of aryl methyl sites for hydroxylation is 1. The normalized spacial score (nSPS) is 15.1. The molecule has 0 unspecified atom stereocenters. The topological polar surface area (TPSA) is 80.3 Å². The van der Waals surface area contributed by atoms with Crippen molar-refractivity contribution in [3.05, 3.63) is 17.5 Å². The van der Waals surface area contributed by atoms with Crippen molar-refractivity contribution in [2.24, 2.45) is 0 Å². The van der Waals surface area contributed by atoms with Crippen LogP contribution < -0.4 is 4.90 Å². The van der Waals surface area contributed by atoms with Gasteiger partial charge in [-0.25, -0.2) is 14.8 Å². The van der Waals surface area contributed by atoms with Crippen molar-refractivity contribution in [3.8, 4) is 0 Å². The fourth-order valence-corrected chi connectivity index (χ4v) is 2.80. The van der Waals surface area contributed by atoms with E-state index in [1.807, 2.05) is 0 Å². The maximum Gasteiger partial charge on any atom is 0.342 e. The predicted molar refractivity (Wildman–Crippen MR) is 86.9 cm³/mol. The number of esters is 1. The Hall–Kier alpha value is -2.15. The molecule has 7 heteroatoms. The number of fused-ring (bicyclic) bond motifs is 1. The number of carbonyl (C=O) groups is 1. The van der Waals surface area contributed by atoms with E-state index in [9.17, 15) is 4.79 Å². The van der Waals surface area contributed by atoms with Crippen LogP contribution in [0.25, 0.3) is 11.0 Å². The summed E-state index contributed by atoms with van der Waals surface area (Å²) in [7, 11) is 0. The van der Waals surface area contributed by atoms with Gasteiger partial charge in [-0.05, 0) is 13.3 Å². The third kappa shape index (κ3) is 3.14. The van der Waals surface area contributed by atoms with Gasteiger partial charge in [0.15, 0.2) is 0 Å². The molecule has 2 aromatic rings. The minimum atomic E-state index is -0.325. The molecular formula is C16H22N4O3. The lowest BCUT2D eigenvalue weighted by atomic mass is 10.1. The second kappa shape index (κ2) is 6.95. The van der Waals surface area contributed by atoms with Crippen LogP contribution >= 0.6 is 0 Å². The third-order valence-electron chi connectivity index (χ3n) is 3.87. The van der Waals surface area contributed by atoms with Crippen LogP contribution in [0, 0.1) is 0 Å². The molecule has 0 saturated carbocycles. The first-order valence-corrected chi connectivity index (χ1v) is 8.12. The molecule has 1 aliphatic rings. The highest BCUT2D eigenvalue weighted by Crippen LogP contribution is 2.24. The van der Waals surface area contributed by atoms with Gasteiger partial charge in [-0.3, -0.25) is 0 Å². The van der Waals surface area contributed by atoms with E-state index in [2.05, 4.69) is 26.8 Å². The number of morpholine rings is 1. The molecule has 3 rings (SSSR count). The van der Waals surface area contributed by atoms with Gasteiger partial charge in [0.1, 0.15) is 11.1 Å². The molecule has 0 radical (unpaired) electrons. The number of H-pyrrole nitrogens is 1. The van der Waals surface area contributed by atoms with Crippen LogP contribution in [0.3, 0.4) is 0 Å². The fraction of sp³-hybridized carbons (Fsp3) is 0.562. The predicted octanol–water partition coefficient (Wildman–Crippen LogP) is 1.92. The molecule has 23 heavy (non-hydrogen) atoms. The van der Waals surface area contributed by atoms with E-state index in [4.69, 9.17) is 9.47 Å². The standard InChI is InChI=1S/C16H22N4O3/c1-3-5-11-13(15(21)23-4-2)14-12(18-11)10-17-16(19-14)20-6-8-22-9-7-20/h10,18H,3-9H2,1-2H3. The Labute approximate surface area is 135 Å². The van der Waals surface area contributed by atoms with Gasteiger partial charge in [-0.15, -0.1) is 0 Å². The largest absolute Gasteiger partial charge is 0.462 e. The average molecular weight is 318 g/mol. The SMILES string of the molecule is CCCc1[nH]c2cnc(N3CCOCC3)nc2c1C(=O)OCC. The molecule has 0 atom stereocenters. The first kappa shape index (κ1) is 15.7. The van der Waals surface area contributed by atoms with Gasteiger partial charge in [0, 0.05) is 18.8 Å². The number of hydrogen-bond acceptors (Lipinski definition) is 6. The highest BCUT2D eigenvalue weighted by molar-refractivity contribution is 6.04. The fourth-order valence-electron chi connectivity index (χ4n) is 2.80. The van der Waals surface area contributed by atoms with Crippen molar-refractivity contribution >= 4 is 23.0 Å². The smallest absolute Gasteiger partial charge is 0.342 e. The van der Waals surface area contributed by atoms with Crippen molar-refractivity contribution < 1.29 is 14.3 Å². The number of ether oxygens (including phenoxy) is 2. The zero-order valence-corrected chi connectivity index (χ0v) is 13.6. The highest BCUT2D eigenvalue weighted by atomic mass is 16.5. The van der Waals surface area contributed by atoms with E-state index >= 15 is 0 Å². The average Bonchev–Trinajstić information content (AvgIpc) is 2.93. The summed E-state index contributed by atoms with van der Waals surface area (Å²) in [4.78, 5) is 26.8. The Balaban J connectivity index is 2.04. The zero-order chi connectivity index (χ0) is 16.2. The van der Waals surface area contributed by atoms with Crippen LogP contribution in [-0.4, -0.2) is 53.8 Å². The number of rotatable bonds is 5. The van der Waals surface area contributed by atoms with Crippen molar-refractivity contribution in [2.45, 2.75) is 26.7 Å². The summed E-state index contributed by atoms with van der Waals surface area (Å²) in [5.74, 6) is 0.308. The van der Waals surface area contributed by atoms with E-state index in [1.165, 1.54) is 0 Å². The van der Waals surface area contributed by atoms with E-state index in [1.54, 1.807) is 13.1 Å². The lowest BCUT2D eigenvalue weighted by molar-refractivity contribution is 0.0527. The van der Waals surface area contributed by atoms with Crippen molar-refractivity contribution in [1.29, 1.82) is 0 Å². The number of hydrogen-bond donors (Lipinski definition) is 1. The van der Waals surface area contributed by atoms with E-state index in [0.29, 0.717) is 36.8 Å². The Morgan fingerprint density at radius 1 is 1.39 bits per heavy atom. The summed E-state index contributed by atoms with van der Waals surface area (Å²) < 4.78 is 10.6. The quantitative estimate of drug-likeness (QED) is 0.848. The van der Waals surface area contributed by atoms with Gasteiger partial charge < -0.3 is 19.4 Å². The molecule has 7 nitrogen and oxygen atoms in total. The third-order valence-corrected chi connectivity index (χ3v) is 3.87. The number of aromatic nitrogens is 3. The molecule has 0 spiro atoms. The van der Waals surface area contributed by atoms with Crippen LogP contribution in [0.5, 0.6) is 0 Å². The van der Waals surface area contributed by atoms with Crippen LogP contribution in [-0.2, 0) is 15.9 Å². The van der Waals surface area contributed by atoms with E-state index in [-0.39, 0.29) is 5.97 Å². The van der Waals surface area contributed by atoms with Crippen LogP contribution in [0.1, 0.15) is 36.3 Å². The Morgan fingerprint density at radius 2 is 2.17 bits per heavy atom. The molecule has 124 valence electrons. The van der Waals surface area contributed by atoms with Gasteiger partial charge in [0.25, 0.3) is 0 Å². The van der Waals surface area contributed by atoms with Gasteiger partial charge in [0.2, 0.25) is 5.95 Å². The molecular weight excluding hydrogens is 296 g/mol. The number of nitrogens with zero attached hydrogens (tertiary/aromatic N) is 3. The number of nitrogens with one attached hydrogen (secondary N) is 1. The molecule has 0 aliphatic carbocycles. The second-order valence-corrected chi connectivity index (χ2v) is 5.48. The van der Waals surface area contributed by atoms with Gasteiger partial charge in [0.05, 0.1) is 31.5 Å². The molecule has 1 saturated heterocycles. The highest BCUT2D eigenvalue weighted by Gasteiger charge is 2.22. The Kier molecular flexibility index (Phi) is 4.76. The van der Waals surface area contributed by atoms with E-state index in [0.717, 1.165) is 37.1 Å². The van der Waals surface area contributed by atoms with Crippen molar-refractivity contribution in [3.63, 3.8) is 0 Å². The summed E-state index contributed by atoms with van der Waals surface area (Å²) in [6, 6.07) is 0. The maximum atomic E-state index is 12.4. The number of aromatic amines is 1. The summed E-state index contributed by atoms with van der Waals surface area (Å²) in [5.41, 5.74) is 2.83. The van der Waals surface area contributed by atoms with Crippen molar-refractivity contribution in [1.82, 2.24) is 15.0 Å². The first-order valence-electron chi connectivity index (χ1n) is 8.12. The summed E-state index contributed by atoms with van der Waals surface area (Å²) >= 11 is 0. The summed E-state index contributed by atoms with van der Waals surface area (Å²) in [5, 5.41) is 0. The van der Waals surface area contributed by atoms with Crippen LogP contribution in [0.2, 0.25) is 0 Å². The Morgan fingerprint density at radius 3 is 2.87 bits per heavy atom. The molecule has 0 amide bonds. The molecule has 0 aromatic carbocycles. The molecule has 3 heterocycles. The second-order valence-electron chi connectivity index (χ2n) is 5.48. The van der Waals surface area contributed by atoms with Gasteiger partial charge >= 0.3 is 5.97 Å². The van der Waals surface area contributed by atoms with Gasteiger partial charge in [-0.2, -0.15) is 0 Å². The lowest BCUT2D eigenvalue weighted by Crippen LogP contribution is -2.37. The van der Waals surface area contributed by atoms with Gasteiger partial charge in [-0.1, -0.05) is 13.3 Å².